The molecule has 2 heterocycles. The molecule has 0 atom stereocenters. The van der Waals surface area contributed by atoms with Crippen molar-refractivity contribution >= 4 is 11.3 Å². The van der Waals surface area contributed by atoms with Gasteiger partial charge in [-0.15, -0.1) is 21.5 Å². The van der Waals surface area contributed by atoms with E-state index in [-0.39, 0.29) is 0 Å². The molecule has 0 radical (unpaired) electrons. The molecule has 5 heteroatoms. The van der Waals surface area contributed by atoms with Crippen LogP contribution < -0.4 is 0 Å². The summed E-state index contributed by atoms with van der Waals surface area (Å²) in [7, 11) is 0. The topological polar surface area (TPSA) is 43.6 Å². The lowest BCUT2D eigenvalue weighted by molar-refractivity contribution is 0.655. The Morgan fingerprint density at radius 3 is 2.57 bits per heavy atom. The van der Waals surface area contributed by atoms with Crippen LogP contribution in [-0.4, -0.2) is 19.7 Å². The first-order valence-corrected chi connectivity index (χ1v) is 8.03. The second kappa shape index (κ2) is 5.77. The first-order chi connectivity index (χ1) is 10.2. The molecule has 3 aromatic rings. The Kier molecular flexibility index (Phi) is 3.84. The highest BCUT2D eigenvalue weighted by molar-refractivity contribution is 7.13. The smallest absolute Gasteiger partial charge is 0.183 e. The Bertz CT molecular complexity index is 728. The van der Waals surface area contributed by atoms with Crippen molar-refractivity contribution in [1.82, 2.24) is 19.7 Å². The van der Waals surface area contributed by atoms with Gasteiger partial charge in [-0.1, -0.05) is 44.2 Å². The minimum atomic E-state index is 0.360. The van der Waals surface area contributed by atoms with E-state index in [4.69, 9.17) is 4.98 Å². The third-order valence-corrected chi connectivity index (χ3v) is 4.26. The van der Waals surface area contributed by atoms with Gasteiger partial charge >= 0.3 is 0 Å². The summed E-state index contributed by atoms with van der Waals surface area (Å²) in [6, 6.07) is 10.2. The molecule has 0 unspecified atom stereocenters. The SMILES string of the molecule is CCn1c(-c2csc(-c3ccccc3)n2)nnc1C(C)C. The summed E-state index contributed by atoms with van der Waals surface area (Å²) in [6.45, 7) is 7.24. The monoisotopic (exact) mass is 298 g/mol. The molecule has 0 saturated heterocycles. The Morgan fingerprint density at radius 2 is 1.90 bits per heavy atom. The van der Waals surface area contributed by atoms with Gasteiger partial charge in [-0.25, -0.2) is 4.98 Å². The minimum Gasteiger partial charge on any atom is -0.310 e. The van der Waals surface area contributed by atoms with Gasteiger partial charge in [0.1, 0.15) is 16.5 Å². The maximum absolute atomic E-state index is 4.73. The third kappa shape index (κ3) is 2.61. The van der Waals surface area contributed by atoms with Gasteiger partial charge in [0.25, 0.3) is 0 Å². The molecule has 0 N–H and O–H groups in total. The predicted octanol–water partition coefficient (Wildman–Crippen LogP) is 4.21. The number of hydrogen-bond donors (Lipinski definition) is 0. The van der Waals surface area contributed by atoms with Crippen LogP contribution in [-0.2, 0) is 6.54 Å². The van der Waals surface area contributed by atoms with Crippen LogP contribution in [0, 0.1) is 0 Å². The number of benzene rings is 1. The molecule has 108 valence electrons. The molecular formula is C16H18N4S. The molecule has 0 bridgehead atoms. The van der Waals surface area contributed by atoms with Crippen LogP contribution in [0.15, 0.2) is 35.7 Å². The molecule has 3 rings (SSSR count). The van der Waals surface area contributed by atoms with Crippen LogP contribution in [0.5, 0.6) is 0 Å². The summed E-state index contributed by atoms with van der Waals surface area (Å²) >= 11 is 1.64. The molecular weight excluding hydrogens is 280 g/mol. The molecule has 0 aliphatic carbocycles. The zero-order valence-electron chi connectivity index (χ0n) is 12.4. The van der Waals surface area contributed by atoms with Crippen LogP contribution in [0.4, 0.5) is 0 Å². The lowest BCUT2D eigenvalue weighted by Crippen LogP contribution is -2.05. The molecule has 0 spiro atoms. The van der Waals surface area contributed by atoms with Crippen molar-refractivity contribution < 1.29 is 0 Å². The number of thiazole rings is 1. The van der Waals surface area contributed by atoms with E-state index >= 15 is 0 Å². The first kappa shape index (κ1) is 13.9. The van der Waals surface area contributed by atoms with E-state index in [1.165, 1.54) is 0 Å². The summed E-state index contributed by atoms with van der Waals surface area (Å²) < 4.78 is 2.15. The van der Waals surface area contributed by atoms with Crippen LogP contribution in [0.25, 0.3) is 22.1 Å². The van der Waals surface area contributed by atoms with Crippen LogP contribution >= 0.6 is 11.3 Å². The zero-order valence-corrected chi connectivity index (χ0v) is 13.3. The van der Waals surface area contributed by atoms with Gasteiger partial charge in [0.05, 0.1) is 0 Å². The summed E-state index contributed by atoms with van der Waals surface area (Å²) in [6.07, 6.45) is 0. The Balaban J connectivity index is 2.01. The number of nitrogens with zero attached hydrogens (tertiary/aromatic N) is 4. The van der Waals surface area contributed by atoms with E-state index < -0.39 is 0 Å². The molecule has 0 fully saturated rings. The average molecular weight is 298 g/mol. The normalized spacial score (nSPS) is 11.2. The lowest BCUT2D eigenvalue weighted by Gasteiger charge is -2.08. The summed E-state index contributed by atoms with van der Waals surface area (Å²) in [5, 5.41) is 11.7. The Hall–Kier alpha value is -2.01. The molecule has 4 nitrogen and oxygen atoms in total. The highest BCUT2D eigenvalue weighted by Gasteiger charge is 2.17. The standard InChI is InChI=1S/C16H18N4S/c1-4-20-14(11(2)3)18-19-15(20)13-10-21-16(17-13)12-8-6-5-7-9-12/h5-11H,4H2,1-3H3. The molecule has 1 aromatic carbocycles. The van der Waals surface area contributed by atoms with E-state index in [0.717, 1.165) is 34.5 Å². The van der Waals surface area contributed by atoms with E-state index in [1.54, 1.807) is 11.3 Å². The second-order valence-corrected chi connectivity index (χ2v) is 6.04. The fraction of sp³-hybridized carbons (Fsp3) is 0.312. The van der Waals surface area contributed by atoms with Gasteiger partial charge in [-0.2, -0.15) is 0 Å². The van der Waals surface area contributed by atoms with E-state index in [9.17, 15) is 0 Å². The van der Waals surface area contributed by atoms with Crippen molar-refractivity contribution in [2.24, 2.45) is 0 Å². The maximum atomic E-state index is 4.73. The number of rotatable bonds is 4. The van der Waals surface area contributed by atoms with Gasteiger partial charge < -0.3 is 4.57 Å². The van der Waals surface area contributed by atoms with Crippen molar-refractivity contribution in [2.75, 3.05) is 0 Å². The van der Waals surface area contributed by atoms with Crippen LogP contribution in [0.3, 0.4) is 0 Å². The van der Waals surface area contributed by atoms with Crippen molar-refractivity contribution in [3.63, 3.8) is 0 Å². The van der Waals surface area contributed by atoms with Crippen LogP contribution in [0.1, 0.15) is 32.5 Å². The minimum absolute atomic E-state index is 0.360. The van der Waals surface area contributed by atoms with Crippen molar-refractivity contribution in [1.29, 1.82) is 0 Å². The highest BCUT2D eigenvalue weighted by atomic mass is 32.1. The largest absolute Gasteiger partial charge is 0.310 e. The molecule has 0 aliphatic heterocycles. The van der Waals surface area contributed by atoms with Gasteiger partial charge in [-0.05, 0) is 6.92 Å². The number of hydrogen-bond acceptors (Lipinski definition) is 4. The lowest BCUT2D eigenvalue weighted by atomic mass is 10.2. The molecule has 0 saturated carbocycles. The zero-order chi connectivity index (χ0) is 14.8. The quantitative estimate of drug-likeness (QED) is 0.724. The summed E-state index contributed by atoms with van der Waals surface area (Å²) in [5.41, 5.74) is 2.04. The molecule has 0 aliphatic rings. The van der Waals surface area contributed by atoms with E-state index in [1.807, 2.05) is 18.2 Å². The van der Waals surface area contributed by atoms with Gasteiger partial charge in [0.2, 0.25) is 0 Å². The fourth-order valence-electron chi connectivity index (χ4n) is 2.33. The van der Waals surface area contributed by atoms with Crippen molar-refractivity contribution in [2.45, 2.75) is 33.2 Å². The van der Waals surface area contributed by atoms with Gasteiger partial charge in [0, 0.05) is 23.4 Å². The van der Waals surface area contributed by atoms with Gasteiger partial charge in [-0.3, -0.25) is 0 Å². The summed E-state index contributed by atoms with van der Waals surface area (Å²) in [4.78, 5) is 4.73. The van der Waals surface area contributed by atoms with Crippen molar-refractivity contribution in [3.8, 4) is 22.1 Å². The summed E-state index contributed by atoms with van der Waals surface area (Å²) in [5.74, 6) is 2.24. The van der Waals surface area contributed by atoms with Gasteiger partial charge in [0.15, 0.2) is 5.82 Å². The average Bonchev–Trinajstić information content (AvgIpc) is 3.14. The Morgan fingerprint density at radius 1 is 1.14 bits per heavy atom. The predicted molar refractivity (Wildman–Crippen MR) is 86.3 cm³/mol. The number of aromatic nitrogens is 4. The maximum Gasteiger partial charge on any atom is 0.183 e. The molecule has 0 amide bonds. The highest BCUT2D eigenvalue weighted by Crippen LogP contribution is 2.29. The molecule has 2 aromatic heterocycles. The molecule has 21 heavy (non-hydrogen) atoms. The van der Waals surface area contributed by atoms with Crippen molar-refractivity contribution in [3.05, 3.63) is 41.5 Å². The Labute approximate surface area is 128 Å². The van der Waals surface area contributed by atoms with E-state index in [2.05, 4.69) is 53.0 Å². The third-order valence-electron chi connectivity index (χ3n) is 3.37. The second-order valence-electron chi connectivity index (χ2n) is 5.18. The van der Waals surface area contributed by atoms with Crippen LogP contribution in [0.2, 0.25) is 0 Å². The van der Waals surface area contributed by atoms with E-state index in [0.29, 0.717) is 5.92 Å². The fourth-order valence-corrected chi connectivity index (χ4v) is 3.14. The first-order valence-electron chi connectivity index (χ1n) is 7.15.